The molecular formula is C7H6NO3. The lowest BCUT2D eigenvalue weighted by atomic mass is 10.2. The third-order valence-electron chi connectivity index (χ3n) is 1.24. The summed E-state index contributed by atoms with van der Waals surface area (Å²) in [6.07, 6.45) is 0. The summed E-state index contributed by atoms with van der Waals surface area (Å²) in [5.41, 5.74) is 6.92. The van der Waals surface area contributed by atoms with Crippen molar-refractivity contribution < 1.29 is 15.0 Å². The van der Waals surface area contributed by atoms with Gasteiger partial charge >= 0.3 is 5.97 Å². The van der Waals surface area contributed by atoms with Crippen molar-refractivity contribution in [3.63, 3.8) is 0 Å². The highest BCUT2D eigenvalue weighted by molar-refractivity contribution is 5.88. The summed E-state index contributed by atoms with van der Waals surface area (Å²) in [6, 6.07) is 3.55. The molecule has 11 heavy (non-hydrogen) atoms. The van der Waals surface area contributed by atoms with E-state index in [2.05, 4.69) is 0 Å². The molecule has 0 saturated carbocycles. The SMILES string of the molecule is [NH]c1ccc(C(=O)O)cc1O. The van der Waals surface area contributed by atoms with E-state index >= 15 is 0 Å². The minimum Gasteiger partial charge on any atom is -0.506 e. The molecule has 0 aliphatic rings. The standard InChI is InChI=1S/C7H6NO3/c8-5-2-1-4(7(10)11)3-6(5)9/h1-3,8-9H,(H,10,11). The van der Waals surface area contributed by atoms with Crippen LogP contribution in [-0.4, -0.2) is 16.2 Å². The molecule has 4 heteroatoms. The van der Waals surface area contributed by atoms with Crippen molar-refractivity contribution in [2.75, 3.05) is 0 Å². The number of phenolic OH excluding ortho intramolecular Hbond substituents is 1. The fraction of sp³-hybridized carbons (Fsp3) is 0. The Morgan fingerprint density at radius 1 is 1.45 bits per heavy atom. The monoisotopic (exact) mass is 152 g/mol. The molecule has 0 aromatic heterocycles. The number of hydrogen-bond donors (Lipinski definition) is 2. The van der Waals surface area contributed by atoms with Gasteiger partial charge in [-0.25, -0.2) is 4.79 Å². The fourth-order valence-corrected chi connectivity index (χ4v) is 0.665. The molecule has 57 valence electrons. The van der Waals surface area contributed by atoms with Crippen LogP contribution in [0.4, 0.5) is 5.69 Å². The lowest BCUT2D eigenvalue weighted by molar-refractivity contribution is 0.0696. The second kappa shape index (κ2) is 2.49. The second-order valence-corrected chi connectivity index (χ2v) is 2.04. The first kappa shape index (κ1) is 7.40. The van der Waals surface area contributed by atoms with Crippen LogP contribution in [0.15, 0.2) is 18.2 Å². The van der Waals surface area contributed by atoms with E-state index in [-0.39, 0.29) is 17.0 Å². The van der Waals surface area contributed by atoms with Crippen LogP contribution in [-0.2, 0) is 0 Å². The van der Waals surface area contributed by atoms with Crippen LogP contribution < -0.4 is 5.73 Å². The third kappa shape index (κ3) is 1.40. The Hall–Kier alpha value is -1.71. The average molecular weight is 152 g/mol. The van der Waals surface area contributed by atoms with Gasteiger partial charge in [0.1, 0.15) is 5.75 Å². The van der Waals surface area contributed by atoms with Gasteiger partial charge in [0.05, 0.1) is 11.3 Å². The van der Waals surface area contributed by atoms with Crippen molar-refractivity contribution >= 4 is 11.7 Å². The maximum Gasteiger partial charge on any atom is 0.335 e. The first-order valence-corrected chi connectivity index (χ1v) is 2.89. The lowest BCUT2D eigenvalue weighted by Crippen LogP contribution is -1.94. The molecule has 1 aromatic rings. The maximum absolute atomic E-state index is 10.3. The van der Waals surface area contributed by atoms with Crippen LogP contribution in [0.2, 0.25) is 0 Å². The number of aromatic hydroxyl groups is 1. The van der Waals surface area contributed by atoms with Crippen LogP contribution in [0, 0.1) is 0 Å². The average Bonchev–Trinajstić information content (AvgIpc) is 1.94. The van der Waals surface area contributed by atoms with Gasteiger partial charge in [0.15, 0.2) is 0 Å². The van der Waals surface area contributed by atoms with Gasteiger partial charge in [-0.15, -0.1) is 0 Å². The number of hydrogen-bond acceptors (Lipinski definition) is 2. The molecule has 4 nitrogen and oxygen atoms in total. The molecule has 0 heterocycles. The quantitative estimate of drug-likeness (QED) is 0.589. The molecule has 0 unspecified atom stereocenters. The van der Waals surface area contributed by atoms with Crippen LogP contribution in [0.3, 0.4) is 0 Å². The summed E-state index contributed by atoms with van der Waals surface area (Å²) in [5, 5.41) is 17.3. The predicted molar refractivity (Wildman–Crippen MR) is 37.8 cm³/mol. The largest absolute Gasteiger partial charge is 0.506 e. The Labute approximate surface area is 62.9 Å². The highest BCUT2D eigenvalue weighted by atomic mass is 16.4. The van der Waals surface area contributed by atoms with Crippen LogP contribution in [0.25, 0.3) is 0 Å². The Bertz CT molecular complexity index is 296. The lowest BCUT2D eigenvalue weighted by Gasteiger charge is -1.97. The molecule has 3 N–H and O–H groups in total. The predicted octanol–water partition coefficient (Wildman–Crippen LogP) is 1.00. The topological polar surface area (TPSA) is 81.3 Å². The third-order valence-corrected chi connectivity index (χ3v) is 1.24. The first-order chi connectivity index (χ1) is 5.11. The van der Waals surface area contributed by atoms with E-state index in [1.54, 1.807) is 0 Å². The summed E-state index contributed by atoms with van der Waals surface area (Å²) in [6.45, 7) is 0. The Balaban J connectivity index is 3.15. The van der Waals surface area contributed by atoms with E-state index in [0.29, 0.717) is 0 Å². The zero-order valence-electron chi connectivity index (χ0n) is 5.53. The molecule has 0 amide bonds. The molecule has 0 spiro atoms. The number of carbonyl (C=O) groups is 1. The Morgan fingerprint density at radius 3 is 2.55 bits per heavy atom. The normalized spacial score (nSPS) is 9.45. The number of carboxylic acid groups (broad SMARTS) is 1. The maximum atomic E-state index is 10.3. The zero-order chi connectivity index (χ0) is 8.43. The van der Waals surface area contributed by atoms with Crippen molar-refractivity contribution in [1.82, 2.24) is 5.73 Å². The molecule has 1 rings (SSSR count). The number of aromatic carboxylic acids is 1. The van der Waals surface area contributed by atoms with Crippen LogP contribution in [0.1, 0.15) is 10.4 Å². The molecule has 0 saturated heterocycles. The number of rotatable bonds is 1. The van der Waals surface area contributed by atoms with Crippen molar-refractivity contribution in [2.45, 2.75) is 0 Å². The second-order valence-electron chi connectivity index (χ2n) is 2.04. The number of benzene rings is 1. The molecule has 0 aliphatic carbocycles. The smallest absolute Gasteiger partial charge is 0.335 e. The number of phenols is 1. The van der Waals surface area contributed by atoms with Crippen LogP contribution in [0.5, 0.6) is 5.75 Å². The van der Waals surface area contributed by atoms with E-state index in [4.69, 9.17) is 15.9 Å². The highest BCUT2D eigenvalue weighted by Gasteiger charge is 2.04. The summed E-state index contributed by atoms with van der Waals surface area (Å²) < 4.78 is 0. The summed E-state index contributed by atoms with van der Waals surface area (Å²) in [5.74, 6) is -1.43. The van der Waals surface area contributed by atoms with E-state index in [1.807, 2.05) is 0 Å². The van der Waals surface area contributed by atoms with Gasteiger partial charge in [0.2, 0.25) is 0 Å². The highest BCUT2D eigenvalue weighted by Crippen LogP contribution is 2.21. The van der Waals surface area contributed by atoms with Crippen LogP contribution >= 0.6 is 0 Å². The van der Waals surface area contributed by atoms with Gasteiger partial charge in [-0.1, -0.05) is 0 Å². The minimum absolute atomic E-state index is 0.0153. The van der Waals surface area contributed by atoms with E-state index in [9.17, 15) is 4.79 Å². The van der Waals surface area contributed by atoms with Gasteiger partial charge < -0.3 is 10.2 Å². The Kier molecular flexibility index (Phi) is 1.68. The van der Waals surface area contributed by atoms with Gasteiger partial charge in [-0.05, 0) is 18.2 Å². The number of nitrogens with one attached hydrogen (secondary N) is 1. The van der Waals surface area contributed by atoms with Crippen molar-refractivity contribution in [3.05, 3.63) is 23.8 Å². The zero-order valence-corrected chi connectivity index (χ0v) is 5.53. The van der Waals surface area contributed by atoms with Crippen molar-refractivity contribution in [3.8, 4) is 5.75 Å². The van der Waals surface area contributed by atoms with Gasteiger partial charge in [-0.3, -0.25) is 5.73 Å². The molecule has 0 aliphatic heterocycles. The van der Waals surface area contributed by atoms with E-state index in [1.165, 1.54) is 12.1 Å². The first-order valence-electron chi connectivity index (χ1n) is 2.89. The van der Waals surface area contributed by atoms with E-state index in [0.717, 1.165) is 6.07 Å². The molecular weight excluding hydrogens is 146 g/mol. The van der Waals surface area contributed by atoms with Gasteiger partial charge in [0, 0.05) is 0 Å². The minimum atomic E-state index is -1.11. The summed E-state index contributed by atoms with van der Waals surface area (Å²) >= 11 is 0. The molecule has 1 radical (unpaired) electrons. The van der Waals surface area contributed by atoms with E-state index < -0.39 is 5.97 Å². The molecule has 0 bridgehead atoms. The van der Waals surface area contributed by atoms with Crippen molar-refractivity contribution in [1.29, 1.82) is 0 Å². The Morgan fingerprint density at radius 2 is 2.09 bits per heavy atom. The molecule has 0 atom stereocenters. The molecule has 0 fully saturated rings. The summed E-state index contributed by atoms with van der Waals surface area (Å²) in [7, 11) is 0. The van der Waals surface area contributed by atoms with Crippen molar-refractivity contribution in [2.24, 2.45) is 0 Å². The van der Waals surface area contributed by atoms with Gasteiger partial charge in [0.25, 0.3) is 0 Å². The number of carboxylic acids is 1. The fourth-order valence-electron chi connectivity index (χ4n) is 0.665. The van der Waals surface area contributed by atoms with Gasteiger partial charge in [-0.2, -0.15) is 0 Å². The molecule has 1 aromatic carbocycles. The summed E-state index contributed by atoms with van der Waals surface area (Å²) in [4.78, 5) is 10.3.